The standard InChI is InChI=1S/C17H16F3NO.ClH/c1-22-14-8-12-10-21-7-6-15(12)16(9-14)11-2-4-13(5-3-11)17(18,19)20;/h2-5,8-9,21H,6-7,10H2,1H3;1H. The van der Waals surface area contributed by atoms with Crippen molar-refractivity contribution in [1.29, 1.82) is 0 Å². The van der Waals surface area contributed by atoms with Gasteiger partial charge in [-0.15, -0.1) is 12.4 Å². The number of hydrogen-bond donors (Lipinski definition) is 1. The number of rotatable bonds is 2. The van der Waals surface area contributed by atoms with Gasteiger partial charge in [0.15, 0.2) is 0 Å². The van der Waals surface area contributed by atoms with Crippen molar-refractivity contribution in [1.82, 2.24) is 5.32 Å². The number of halogens is 4. The minimum Gasteiger partial charge on any atom is -0.497 e. The highest BCUT2D eigenvalue weighted by molar-refractivity contribution is 5.85. The van der Waals surface area contributed by atoms with Crippen LogP contribution in [0.15, 0.2) is 36.4 Å². The lowest BCUT2D eigenvalue weighted by molar-refractivity contribution is -0.137. The van der Waals surface area contributed by atoms with E-state index in [9.17, 15) is 13.2 Å². The summed E-state index contributed by atoms with van der Waals surface area (Å²) in [5.74, 6) is 0.720. The van der Waals surface area contributed by atoms with Crippen molar-refractivity contribution in [2.24, 2.45) is 0 Å². The second-order valence-electron chi connectivity index (χ2n) is 5.31. The van der Waals surface area contributed by atoms with Crippen LogP contribution in [0.1, 0.15) is 16.7 Å². The lowest BCUT2D eigenvalue weighted by Gasteiger charge is -2.22. The number of nitrogens with one attached hydrogen (secondary N) is 1. The van der Waals surface area contributed by atoms with Crippen molar-refractivity contribution in [3.8, 4) is 16.9 Å². The van der Waals surface area contributed by atoms with Crippen molar-refractivity contribution in [2.45, 2.75) is 19.1 Å². The van der Waals surface area contributed by atoms with Gasteiger partial charge in [0.1, 0.15) is 5.75 Å². The van der Waals surface area contributed by atoms with Crippen LogP contribution < -0.4 is 10.1 Å². The molecule has 2 aromatic carbocycles. The molecule has 124 valence electrons. The Bertz CT molecular complexity index is 683. The van der Waals surface area contributed by atoms with Crippen LogP contribution in [-0.2, 0) is 19.1 Å². The van der Waals surface area contributed by atoms with Crippen LogP contribution >= 0.6 is 12.4 Å². The van der Waals surface area contributed by atoms with Crippen LogP contribution in [0, 0.1) is 0 Å². The summed E-state index contributed by atoms with van der Waals surface area (Å²) < 4.78 is 43.4. The topological polar surface area (TPSA) is 21.3 Å². The van der Waals surface area contributed by atoms with E-state index in [1.54, 1.807) is 7.11 Å². The van der Waals surface area contributed by atoms with Gasteiger partial charge in [-0.3, -0.25) is 0 Å². The number of benzene rings is 2. The van der Waals surface area contributed by atoms with Crippen molar-refractivity contribution in [2.75, 3.05) is 13.7 Å². The molecule has 0 saturated heterocycles. The normalized spacial score (nSPS) is 13.9. The summed E-state index contributed by atoms with van der Waals surface area (Å²) in [5.41, 5.74) is 3.42. The van der Waals surface area contributed by atoms with E-state index in [0.29, 0.717) is 0 Å². The Hall–Kier alpha value is -1.72. The molecule has 0 saturated carbocycles. The molecule has 0 aliphatic carbocycles. The van der Waals surface area contributed by atoms with Gasteiger partial charge in [0.25, 0.3) is 0 Å². The zero-order valence-electron chi connectivity index (χ0n) is 12.5. The maximum Gasteiger partial charge on any atom is 0.416 e. The maximum atomic E-state index is 12.7. The molecule has 0 atom stereocenters. The van der Waals surface area contributed by atoms with Crippen molar-refractivity contribution < 1.29 is 17.9 Å². The fourth-order valence-electron chi connectivity index (χ4n) is 2.81. The van der Waals surface area contributed by atoms with Gasteiger partial charge in [0.05, 0.1) is 12.7 Å². The molecule has 2 nitrogen and oxygen atoms in total. The van der Waals surface area contributed by atoms with Gasteiger partial charge in [-0.25, -0.2) is 0 Å². The summed E-state index contributed by atoms with van der Waals surface area (Å²) in [4.78, 5) is 0. The molecule has 1 aliphatic heterocycles. The molecular formula is C17H17ClF3NO. The Kier molecular flexibility index (Phi) is 5.22. The number of alkyl halides is 3. The van der Waals surface area contributed by atoms with E-state index in [0.717, 1.165) is 54.1 Å². The van der Waals surface area contributed by atoms with Gasteiger partial charge in [-0.05, 0) is 59.5 Å². The average Bonchev–Trinajstić information content (AvgIpc) is 2.53. The minimum absolute atomic E-state index is 0. The van der Waals surface area contributed by atoms with Gasteiger partial charge in [-0.1, -0.05) is 12.1 Å². The van der Waals surface area contributed by atoms with Crippen LogP contribution in [0.5, 0.6) is 5.75 Å². The van der Waals surface area contributed by atoms with Gasteiger partial charge >= 0.3 is 6.18 Å². The Morgan fingerprint density at radius 1 is 1.09 bits per heavy atom. The van der Waals surface area contributed by atoms with Crippen molar-refractivity contribution in [3.05, 3.63) is 53.1 Å². The Morgan fingerprint density at radius 3 is 2.39 bits per heavy atom. The smallest absolute Gasteiger partial charge is 0.416 e. The molecule has 1 N–H and O–H groups in total. The summed E-state index contributed by atoms with van der Waals surface area (Å²) in [6, 6.07) is 9.19. The second-order valence-corrected chi connectivity index (χ2v) is 5.31. The zero-order chi connectivity index (χ0) is 15.7. The highest BCUT2D eigenvalue weighted by atomic mass is 35.5. The van der Waals surface area contributed by atoms with Gasteiger partial charge < -0.3 is 10.1 Å². The first kappa shape index (κ1) is 17.6. The molecule has 1 heterocycles. The number of fused-ring (bicyclic) bond motifs is 1. The number of hydrogen-bond acceptors (Lipinski definition) is 2. The van der Waals surface area contributed by atoms with Gasteiger partial charge in [0, 0.05) is 6.54 Å². The molecule has 0 unspecified atom stereocenters. The number of ether oxygens (including phenoxy) is 1. The molecule has 0 spiro atoms. The molecule has 2 aromatic rings. The minimum atomic E-state index is -4.31. The highest BCUT2D eigenvalue weighted by Crippen LogP contribution is 2.35. The van der Waals surface area contributed by atoms with Crippen LogP contribution in [-0.4, -0.2) is 13.7 Å². The van der Waals surface area contributed by atoms with E-state index in [1.807, 2.05) is 12.1 Å². The summed E-state index contributed by atoms with van der Waals surface area (Å²) in [6.07, 6.45) is -3.45. The first-order valence-corrected chi connectivity index (χ1v) is 7.07. The van der Waals surface area contributed by atoms with E-state index in [2.05, 4.69) is 5.32 Å². The Labute approximate surface area is 139 Å². The highest BCUT2D eigenvalue weighted by Gasteiger charge is 2.30. The molecular weight excluding hydrogens is 327 g/mol. The lowest BCUT2D eigenvalue weighted by Crippen LogP contribution is -2.24. The van der Waals surface area contributed by atoms with E-state index in [1.165, 1.54) is 17.7 Å². The van der Waals surface area contributed by atoms with Crippen molar-refractivity contribution >= 4 is 12.4 Å². The first-order chi connectivity index (χ1) is 10.5. The predicted molar refractivity (Wildman–Crippen MR) is 86.1 cm³/mol. The largest absolute Gasteiger partial charge is 0.497 e. The molecule has 6 heteroatoms. The summed E-state index contributed by atoms with van der Waals surface area (Å²) in [7, 11) is 1.59. The summed E-state index contributed by atoms with van der Waals surface area (Å²) in [5, 5.41) is 3.30. The van der Waals surface area contributed by atoms with Crippen LogP contribution in [0.25, 0.3) is 11.1 Å². The fraction of sp³-hybridized carbons (Fsp3) is 0.294. The lowest BCUT2D eigenvalue weighted by atomic mass is 9.90. The van der Waals surface area contributed by atoms with E-state index >= 15 is 0 Å². The fourth-order valence-corrected chi connectivity index (χ4v) is 2.81. The van der Waals surface area contributed by atoms with Gasteiger partial charge in [0.2, 0.25) is 0 Å². The third-order valence-corrected chi connectivity index (χ3v) is 3.94. The molecule has 23 heavy (non-hydrogen) atoms. The average molecular weight is 344 g/mol. The number of methoxy groups -OCH3 is 1. The molecule has 1 aliphatic rings. The quantitative estimate of drug-likeness (QED) is 0.870. The van der Waals surface area contributed by atoms with Crippen molar-refractivity contribution in [3.63, 3.8) is 0 Å². The Balaban J connectivity index is 0.00000192. The SMILES string of the molecule is COc1cc2c(c(-c3ccc(C(F)(F)F)cc3)c1)CCNC2.Cl. The van der Waals surface area contributed by atoms with Gasteiger partial charge in [-0.2, -0.15) is 13.2 Å². The second kappa shape index (κ2) is 6.81. The Morgan fingerprint density at radius 2 is 1.78 bits per heavy atom. The summed E-state index contributed by atoms with van der Waals surface area (Å²) >= 11 is 0. The maximum absolute atomic E-state index is 12.7. The monoisotopic (exact) mass is 343 g/mol. The van der Waals surface area contributed by atoms with Crippen LogP contribution in [0.3, 0.4) is 0 Å². The van der Waals surface area contributed by atoms with Crippen LogP contribution in [0.2, 0.25) is 0 Å². The third-order valence-electron chi connectivity index (χ3n) is 3.94. The van der Waals surface area contributed by atoms with E-state index in [4.69, 9.17) is 4.74 Å². The first-order valence-electron chi connectivity index (χ1n) is 7.07. The predicted octanol–water partition coefficient (Wildman–Crippen LogP) is 4.45. The van der Waals surface area contributed by atoms with E-state index in [-0.39, 0.29) is 12.4 Å². The molecule has 0 radical (unpaired) electrons. The molecule has 0 bridgehead atoms. The third kappa shape index (κ3) is 3.62. The molecule has 0 fully saturated rings. The van der Waals surface area contributed by atoms with Crippen LogP contribution in [0.4, 0.5) is 13.2 Å². The molecule has 0 aromatic heterocycles. The molecule has 3 rings (SSSR count). The zero-order valence-corrected chi connectivity index (χ0v) is 13.4. The molecule has 0 amide bonds. The van der Waals surface area contributed by atoms with E-state index < -0.39 is 11.7 Å². The summed E-state index contributed by atoms with van der Waals surface area (Å²) in [6.45, 7) is 1.62.